The number of anilines is 1. The van der Waals surface area contributed by atoms with Gasteiger partial charge in [0.25, 0.3) is 5.91 Å². The van der Waals surface area contributed by atoms with Crippen LogP contribution < -0.4 is 20.1 Å². The van der Waals surface area contributed by atoms with Crippen molar-refractivity contribution < 1.29 is 19.0 Å². The second-order valence-electron chi connectivity index (χ2n) is 7.21. The lowest BCUT2D eigenvalue weighted by atomic mass is 10.1. The predicted octanol–water partition coefficient (Wildman–Crippen LogP) is 4.85. The van der Waals surface area contributed by atoms with Crippen molar-refractivity contribution in [1.82, 2.24) is 5.32 Å². The molecule has 0 fully saturated rings. The molecule has 1 amide bonds. The van der Waals surface area contributed by atoms with Crippen LogP contribution in [-0.4, -0.2) is 38.0 Å². The van der Waals surface area contributed by atoms with Crippen LogP contribution in [-0.2, 0) is 11.2 Å². The molecule has 0 aliphatic carbocycles. The van der Waals surface area contributed by atoms with Gasteiger partial charge in [-0.05, 0) is 67.0 Å². The average molecular weight is 465 g/mol. The summed E-state index contributed by atoms with van der Waals surface area (Å²) in [5.41, 5.74) is 2.46. The van der Waals surface area contributed by atoms with Crippen molar-refractivity contribution in [2.75, 3.05) is 32.2 Å². The first-order valence-electron chi connectivity index (χ1n) is 10.8. The normalized spacial score (nSPS) is 10.3. The van der Waals surface area contributed by atoms with Gasteiger partial charge in [0.15, 0.2) is 5.11 Å². The molecule has 0 aliphatic rings. The molecular weight excluding hydrogens is 436 g/mol. The van der Waals surface area contributed by atoms with Crippen molar-refractivity contribution in [2.45, 2.75) is 12.8 Å². The van der Waals surface area contributed by atoms with Crippen LogP contribution in [0.2, 0.25) is 0 Å². The zero-order valence-corrected chi connectivity index (χ0v) is 19.4. The number of hydrogen-bond acceptors (Lipinski definition) is 5. The fourth-order valence-electron chi connectivity index (χ4n) is 3.09. The Kier molecular flexibility index (Phi) is 9.69. The quantitative estimate of drug-likeness (QED) is 0.312. The predicted molar refractivity (Wildman–Crippen MR) is 134 cm³/mol. The van der Waals surface area contributed by atoms with E-state index < -0.39 is 0 Å². The summed E-state index contributed by atoms with van der Waals surface area (Å²) in [6.45, 7) is 1.43. The maximum atomic E-state index is 12.6. The van der Waals surface area contributed by atoms with E-state index in [4.69, 9.17) is 26.4 Å². The molecule has 3 aromatic rings. The minimum Gasteiger partial charge on any atom is -0.494 e. The number of thiocarbonyl (C=S) groups is 1. The number of para-hydroxylation sites is 1. The van der Waals surface area contributed by atoms with Gasteiger partial charge in [0, 0.05) is 12.8 Å². The molecule has 7 heteroatoms. The number of hydrogen-bond donors (Lipinski definition) is 2. The number of amides is 1. The van der Waals surface area contributed by atoms with E-state index in [1.54, 1.807) is 31.4 Å². The zero-order chi connectivity index (χ0) is 23.3. The molecular formula is C26H28N2O4S. The minimum atomic E-state index is -0.348. The Morgan fingerprint density at radius 2 is 1.58 bits per heavy atom. The van der Waals surface area contributed by atoms with Crippen molar-refractivity contribution in [3.8, 4) is 11.5 Å². The third-order valence-electron chi connectivity index (χ3n) is 4.74. The molecule has 0 saturated carbocycles. The highest BCUT2D eigenvalue weighted by Crippen LogP contribution is 2.19. The Labute approximate surface area is 199 Å². The number of ether oxygens (including phenoxy) is 3. The largest absolute Gasteiger partial charge is 0.494 e. The van der Waals surface area contributed by atoms with Crippen molar-refractivity contribution in [1.29, 1.82) is 0 Å². The summed E-state index contributed by atoms with van der Waals surface area (Å²) in [6, 6.07) is 24.8. The summed E-state index contributed by atoms with van der Waals surface area (Å²) >= 11 is 5.29. The molecule has 2 N–H and O–H groups in total. The van der Waals surface area contributed by atoms with Crippen LogP contribution in [0.1, 0.15) is 22.3 Å². The third kappa shape index (κ3) is 8.21. The van der Waals surface area contributed by atoms with E-state index in [1.165, 1.54) is 5.56 Å². The van der Waals surface area contributed by atoms with E-state index >= 15 is 0 Å². The van der Waals surface area contributed by atoms with Gasteiger partial charge in [-0.3, -0.25) is 10.1 Å². The van der Waals surface area contributed by atoms with Gasteiger partial charge in [-0.2, -0.15) is 0 Å². The molecule has 0 aromatic heterocycles. The Balaban J connectivity index is 1.44. The van der Waals surface area contributed by atoms with E-state index in [2.05, 4.69) is 22.8 Å². The number of carbonyl (C=O) groups is 1. The molecule has 33 heavy (non-hydrogen) atoms. The van der Waals surface area contributed by atoms with Gasteiger partial charge >= 0.3 is 0 Å². The average Bonchev–Trinajstić information content (AvgIpc) is 2.84. The molecule has 3 rings (SSSR count). The second-order valence-corrected chi connectivity index (χ2v) is 7.62. The van der Waals surface area contributed by atoms with Gasteiger partial charge < -0.3 is 19.5 Å². The van der Waals surface area contributed by atoms with Gasteiger partial charge in [0.2, 0.25) is 0 Å². The molecule has 0 atom stereocenters. The Morgan fingerprint density at radius 3 is 2.33 bits per heavy atom. The van der Waals surface area contributed by atoms with Crippen LogP contribution in [0.3, 0.4) is 0 Å². The zero-order valence-electron chi connectivity index (χ0n) is 18.6. The fourth-order valence-corrected chi connectivity index (χ4v) is 3.30. The van der Waals surface area contributed by atoms with Gasteiger partial charge in [0.1, 0.15) is 18.1 Å². The van der Waals surface area contributed by atoms with E-state index in [9.17, 15) is 4.79 Å². The molecule has 0 saturated heterocycles. The number of methoxy groups -OCH3 is 1. The summed E-state index contributed by atoms with van der Waals surface area (Å²) < 4.78 is 16.4. The van der Waals surface area contributed by atoms with Gasteiger partial charge in [-0.1, -0.05) is 42.5 Å². The maximum absolute atomic E-state index is 12.6. The highest BCUT2D eigenvalue weighted by molar-refractivity contribution is 7.80. The van der Waals surface area contributed by atoms with Crippen molar-refractivity contribution in [2.24, 2.45) is 0 Å². The lowest BCUT2D eigenvalue weighted by molar-refractivity contribution is 0.0970. The molecule has 172 valence electrons. The number of nitrogens with one attached hydrogen (secondary N) is 2. The Bertz CT molecular complexity index is 1030. The van der Waals surface area contributed by atoms with Crippen molar-refractivity contribution >= 4 is 28.9 Å². The summed E-state index contributed by atoms with van der Waals surface area (Å²) in [5.74, 6) is 0.910. The maximum Gasteiger partial charge on any atom is 0.261 e. The number of aryl methyl sites for hydroxylation is 1. The topological polar surface area (TPSA) is 68.8 Å². The molecule has 3 aromatic carbocycles. The van der Waals surface area contributed by atoms with Crippen LogP contribution in [0.15, 0.2) is 78.9 Å². The lowest BCUT2D eigenvalue weighted by Gasteiger charge is -2.13. The monoisotopic (exact) mass is 464 g/mol. The summed E-state index contributed by atoms with van der Waals surface area (Å²) in [5, 5.41) is 5.90. The molecule has 0 heterocycles. The van der Waals surface area contributed by atoms with E-state index in [0.29, 0.717) is 31.1 Å². The highest BCUT2D eigenvalue weighted by Gasteiger charge is 2.13. The van der Waals surface area contributed by atoms with Gasteiger partial charge in [0.05, 0.1) is 18.8 Å². The summed E-state index contributed by atoms with van der Waals surface area (Å²) in [6.07, 6.45) is 1.92. The van der Waals surface area contributed by atoms with Gasteiger partial charge in [-0.25, -0.2) is 0 Å². The SMILES string of the molecule is COCCOc1ccccc1C(=O)NC(=S)Nc1ccc(OCCCc2ccccc2)cc1. The molecule has 0 unspecified atom stereocenters. The van der Waals surface area contributed by atoms with Crippen LogP contribution in [0.5, 0.6) is 11.5 Å². The number of benzene rings is 3. The fraction of sp³-hybridized carbons (Fsp3) is 0.231. The first-order valence-corrected chi connectivity index (χ1v) is 11.2. The molecule has 6 nitrogen and oxygen atoms in total. The number of carbonyl (C=O) groups excluding carboxylic acids is 1. The van der Waals surface area contributed by atoms with Crippen LogP contribution in [0, 0.1) is 0 Å². The van der Waals surface area contributed by atoms with Crippen LogP contribution >= 0.6 is 12.2 Å². The smallest absolute Gasteiger partial charge is 0.261 e. The summed E-state index contributed by atoms with van der Waals surface area (Å²) in [7, 11) is 1.59. The second kappa shape index (κ2) is 13.2. The molecule has 0 bridgehead atoms. The van der Waals surface area contributed by atoms with E-state index in [-0.39, 0.29) is 11.0 Å². The van der Waals surface area contributed by atoms with Crippen molar-refractivity contribution in [3.05, 3.63) is 90.0 Å². The minimum absolute atomic E-state index is 0.197. The van der Waals surface area contributed by atoms with Crippen LogP contribution in [0.4, 0.5) is 5.69 Å². The lowest BCUT2D eigenvalue weighted by Crippen LogP contribution is -2.34. The molecule has 0 aliphatic heterocycles. The summed E-state index contributed by atoms with van der Waals surface area (Å²) in [4.78, 5) is 12.6. The van der Waals surface area contributed by atoms with E-state index in [1.807, 2.05) is 42.5 Å². The first kappa shape index (κ1) is 24.2. The molecule has 0 radical (unpaired) electrons. The third-order valence-corrected chi connectivity index (χ3v) is 4.94. The standard InChI is InChI=1S/C26H28N2O4S/c1-30-18-19-32-24-12-6-5-11-23(24)25(29)28-26(33)27-21-13-15-22(16-14-21)31-17-7-10-20-8-3-2-4-9-20/h2-6,8-9,11-16H,7,10,17-19H2,1H3,(H2,27,28,29,33). The number of rotatable bonds is 11. The van der Waals surface area contributed by atoms with E-state index in [0.717, 1.165) is 24.3 Å². The first-order chi connectivity index (χ1) is 16.2. The van der Waals surface area contributed by atoms with Gasteiger partial charge in [-0.15, -0.1) is 0 Å². The Morgan fingerprint density at radius 1 is 0.848 bits per heavy atom. The highest BCUT2D eigenvalue weighted by atomic mass is 32.1. The van der Waals surface area contributed by atoms with Crippen LogP contribution in [0.25, 0.3) is 0 Å². The van der Waals surface area contributed by atoms with Crippen molar-refractivity contribution in [3.63, 3.8) is 0 Å². The Hall–Kier alpha value is -3.42. The molecule has 0 spiro atoms.